The van der Waals surface area contributed by atoms with Crippen LogP contribution in [0.4, 0.5) is 5.82 Å². The van der Waals surface area contributed by atoms with Crippen LogP contribution in [0.2, 0.25) is 0 Å². The second-order valence-corrected chi connectivity index (χ2v) is 5.86. The molecule has 1 aliphatic rings. The number of hydrogen-bond donors (Lipinski definition) is 1. The van der Waals surface area contributed by atoms with E-state index in [9.17, 15) is 5.11 Å². The third-order valence-electron chi connectivity index (χ3n) is 3.91. The highest BCUT2D eigenvalue weighted by Crippen LogP contribution is 2.27. The van der Waals surface area contributed by atoms with E-state index in [1.54, 1.807) is 6.33 Å². The van der Waals surface area contributed by atoms with E-state index in [1.165, 1.54) is 0 Å². The van der Waals surface area contributed by atoms with Crippen molar-refractivity contribution >= 4 is 5.82 Å². The van der Waals surface area contributed by atoms with Crippen LogP contribution in [-0.2, 0) is 0 Å². The van der Waals surface area contributed by atoms with E-state index in [0.717, 1.165) is 49.6 Å². The quantitative estimate of drug-likeness (QED) is 0.882. The van der Waals surface area contributed by atoms with Gasteiger partial charge in [0, 0.05) is 30.9 Å². The van der Waals surface area contributed by atoms with Crippen molar-refractivity contribution < 1.29 is 5.11 Å². The minimum Gasteiger partial charge on any atom is -0.388 e. The largest absolute Gasteiger partial charge is 0.388 e. The number of piperidine rings is 1. The molecule has 2 rings (SSSR count). The first kappa shape index (κ1) is 14.2. The normalized spacial score (nSPS) is 18.9. The SMILES string of the molecule is Cc1ncnc(N2CCC(O)(CN(C)C)CC2)c1C. The molecule has 0 unspecified atom stereocenters. The molecular formula is C14H24N4O. The minimum absolute atomic E-state index is 0.560. The Hall–Kier alpha value is -1.20. The smallest absolute Gasteiger partial charge is 0.135 e. The second kappa shape index (κ2) is 5.43. The van der Waals surface area contributed by atoms with Crippen molar-refractivity contribution in [1.82, 2.24) is 14.9 Å². The predicted octanol–water partition coefficient (Wildman–Crippen LogP) is 0.986. The number of anilines is 1. The Morgan fingerprint density at radius 1 is 1.26 bits per heavy atom. The van der Waals surface area contributed by atoms with E-state index >= 15 is 0 Å². The van der Waals surface area contributed by atoms with Gasteiger partial charge >= 0.3 is 0 Å². The third kappa shape index (κ3) is 3.22. The lowest BCUT2D eigenvalue weighted by atomic mass is 9.91. The van der Waals surface area contributed by atoms with E-state index in [-0.39, 0.29) is 0 Å². The van der Waals surface area contributed by atoms with Crippen LogP contribution in [0.15, 0.2) is 6.33 Å². The molecule has 106 valence electrons. The van der Waals surface area contributed by atoms with E-state index in [0.29, 0.717) is 0 Å². The van der Waals surface area contributed by atoms with E-state index in [1.807, 2.05) is 21.0 Å². The summed E-state index contributed by atoms with van der Waals surface area (Å²) in [6.07, 6.45) is 3.19. The van der Waals surface area contributed by atoms with Gasteiger partial charge in [0.2, 0.25) is 0 Å². The van der Waals surface area contributed by atoms with Crippen molar-refractivity contribution in [3.05, 3.63) is 17.6 Å². The fraction of sp³-hybridized carbons (Fsp3) is 0.714. The summed E-state index contributed by atoms with van der Waals surface area (Å²) < 4.78 is 0. The summed E-state index contributed by atoms with van der Waals surface area (Å²) in [5.74, 6) is 1.01. The van der Waals surface area contributed by atoms with Gasteiger partial charge in [0.1, 0.15) is 12.1 Å². The van der Waals surface area contributed by atoms with Gasteiger partial charge in [-0.15, -0.1) is 0 Å². The van der Waals surface area contributed by atoms with Crippen LogP contribution in [0.5, 0.6) is 0 Å². The van der Waals surface area contributed by atoms with Gasteiger partial charge in [-0.25, -0.2) is 9.97 Å². The number of aryl methyl sites for hydroxylation is 1. The Balaban J connectivity index is 2.06. The fourth-order valence-electron chi connectivity index (χ4n) is 2.73. The highest BCUT2D eigenvalue weighted by atomic mass is 16.3. The van der Waals surface area contributed by atoms with Crippen molar-refractivity contribution in [1.29, 1.82) is 0 Å². The lowest BCUT2D eigenvalue weighted by Crippen LogP contribution is -2.50. The summed E-state index contributed by atoms with van der Waals surface area (Å²) >= 11 is 0. The van der Waals surface area contributed by atoms with E-state index in [2.05, 4.69) is 26.7 Å². The molecule has 2 heterocycles. The van der Waals surface area contributed by atoms with Gasteiger partial charge in [-0.05, 0) is 40.8 Å². The van der Waals surface area contributed by atoms with Gasteiger partial charge in [-0.2, -0.15) is 0 Å². The zero-order valence-electron chi connectivity index (χ0n) is 12.3. The van der Waals surface area contributed by atoms with Crippen molar-refractivity contribution in [2.24, 2.45) is 0 Å². The van der Waals surface area contributed by atoms with Gasteiger partial charge < -0.3 is 14.9 Å². The van der Waals surface area contributed by atoms with E-state index < -0.39 is 5.60 Å². The predicted molar refractivity (Wildman–Crippen MR) is 76.5 cm³/mol. The number of aliphatic hydroxyl groups is 1. The number of rotatable bonds is 3. The standard InChI is InChI=1S/C14H24N4O/c1-11-12(2)15-10-16-13(11)18-7-5-14(19,6-8-18)9-17(3)4/h10,19H,5-9H2,1-4H3. The zero-order valence-corrected chi connectivity index (χ0v) is 12.3. The Kier molecular flexibility index (Phi) is 4.06. The van der Waals surface area contributed by atoms with Crippen LogP contribution in [0.25, 0.3) is 0 Å². The Morgan fingerprint density at radius 2 is 1.89 bits per heavy atom. The maximum absolute atomic E-state index is 10.5. The lowest BCUT2D eigenvalue weighted by molar-refractivity contribution is -0.00549. The van der Waals surface area contributed by atoms with Crippen molar-refractivity contribution in [2.45, 2.75) is 32.3 Å². The average Bonchev–Trinajstić information content (AvgIpc) is 2.33. The maximum atomic E-state index is 10.5. The van der Waals surface area contributed by atoms with Crippen LogP contribution in [-0.4, -0.2) is 59.3 Å². The third-order valence-corrected chi connectivity index (χ3v) is 3.91. The fourth-order valence-corrected chi connectivity index (χ4v) is 2.73. The summed E-state index contributed by atoms with van der Waals surface area (Å²) in [6, 6.07) is 0. The summed E-state index contributed by atoms with van der Waals surface area (Å²) in [6.45, 7) is 6.49. The van der Waals surface area contributed by atoms with Crippen LogP contribution < -0.4 is 4.90 Å². The van der Waals surface area contributed by atoms with Gasteiger partial charge in [0.05, 0.1) is 5.60 Å². The van der Waals surface area contributed by atoms with Crippen LogP contribution in [0, 0.1) is 13.8 Å². The summed E-state index contributed by atoms with van der Waals surface area (Å²) in [5.41, 5.74) is 1.61. The van der Waals surface area contributed by atoms with Crippen molar-refractivity contribution in [3.8, 4) is 0 Å². The molecule has 1 aliphatic heterocycles. The van der Waals surface area contributed by atoms with Crippen LogP contribution >= 0.6 is 0 Å². The molecule has 1 saturated heterocycles. The van der Waals surface area contributed by atoms with Gasteiger partial charge in [-0.1, -0.05) is 0 Å². The molecule has 5 nitrogen and oxygen atoms in total. The molecule has 1 N–H and O–H groups in total. The average molecular weight is 264 g/mol. The molecule has 1 aromatic rings. The number of hydrogen-bond acceptors (Lipinski definition) is 5. The van der Waals surface area contributed by atoms with Crippen LogP contribution in [0.1, 0.15) is 24.1 Å². The molecule has 19 heavy (non-hydrogen) atoms. The molecule has 1 fully saturated rings. The molecule has 0 aromatic carbocycles. The van der Waals surface area contributed by atoms with Gasteiger partial charge in [0.25, 0.3) is 0 Å². The number of aromatic nitrogens is 2. The summed E-state index contributed by atoms with van der Waals surface area (Å²) in [7, 11) is 4.00. The molecule has 5 heteroatoms. The van der Waals surface area contributed by atoms with Crippen molar-refractivity contribution in [2.75, 3.05) is 38.6 Å². The molecule has 0 aliphatic carbocycles. The number of likely N-dealkylation sites (N-methyl/N-ethyl adjacent to an activating group) is 1. The Morgan fingerprint density at radius 3 is 2.47 bits per heavy atom. The lowest BCUT2D eigenvalue weighted by Gasteiger charge is -2.40. The first-order valence-electron chi connectivity index (χ1n) is 6.81. The molecule has 0 atom stereocenters. The minimum atomic E-state index is -0.560. The van der Waals surface area contributed by atoms with Gasteiger partial charge in [-0.3, -0.25) is 0 Å². The Bertz CT molecular complexity index is 439. The molecule has 1 aromatic heterocycles. The van der Waals surface area contributed by atoms with Crippen LogP contribution in [0.3, 0.4) is 0 Å². The molecule has 0 amide bonds. The maximum Gasteiger partial charge on any atom is 0.135 e. The highest BCUT2D eigenvalue weighted by Gasteiger charge is 2.33. The zero-order chi connectivity index (χ0) is 14.0. The summed E-state index contributed by atoms with van der Waals surface area (Å²) in [5, 5.41) is 10.5. The highest BCUT2D eigenvalue weighted by molar-refractivity contribution is 5.47. The van der Waals surface area contributed by atoms with E-state index in [4.69, 9.17) is 0 Å². The molecular weight excluding hydrogens is 240 g/mol. The Labute approximate surface area is 115 Å². The molecule has 0 radical (unpaired) electrons. The first-order valence-corrected chi connectivity index (χ1v) is 6.81. The van der Waals surface area contributed by atoms with Crippen molar-refractivity contribution in [3.63, 3.8) is 0 Å². The first-order chi connectivity index (χ1) is 8.91. The molecule has 0 spiro atoms. The summed E-state index contributed by atoms with van der Waals surface area (Å²) in [4.78, 5) is 12.9. The van der Waals surface area contributed by atoms with Gasteiger partial charge in [0.15, 0.2) is 0 Å². The molecule has 0 saturated carbocycles. The molecule has 0 bridgehead atoms. The monoisotopic (exact) mass is 264 g/mol. The second-order valence-electron chi connectivity index (χ2n) is 5.86. The topological polar surface area (TPSA) is 52.5 Å². The number of nitrogens with zero attached hydrogens (tertiary/aromatic N) is 4.